The minimum Gasteiger partial charge on any atom is -0.497 e. The van der Waals surface area contributed by atoms with Crippen LogP contribution in [-0.2, 0) is 11.3 Å². The maximum atomic E-state index is 12.2. The predicted molar refractivity (Wildman–Crippen MR) is 111 cm³/mol. The van der Waals surface area contributed by atoms with E-state index in [0.29, 0.717) is 23.4 Å². The highest BCUT2D eigenvalue weighted by Crippen LogP contribution is 2.40. The second kappa shape index (κ2) is 9.23. The Balaban J connectivity index is 1.85. The zero-order valence-electron chi connectivity index (χ0n) is 16.9. The number of fused-ring (bicyclic) bond motifs is 1. The first-order valence-corrected chi connectivity index (χ1v) is 9.57. The number of carbonyl (C=O) groups excluding carboxylic acids is 1. The lowest BCUT2D eigenvalue weighted by Gasteiger charge is -2.06. The Bertz CT molecular complexity index is 1040. The fourth-order valence-corrected chi connectivity index (χ4v) is 3.06. The van der Waals surface area contributed by atoms with Crippen molar-refractivity contribution in [1.82, 2.24) is 4.57 Å². The van der Waals surface area contributed by atoms with E-state index in [1.807, 2.05) is 37.3 Å². The molecule has 1 N–H and O–H groups in total. The van der Waals surface area contributed by atoms with Gasteiger partial charge in [-0.05, 0) is 43.2 Å². The average molecular weight is 395 g/mol. The molecule has 0 radical (unpaired) electrons. The van der Waals surface area contributed by atoms with Gasteiger partial charge >= 0.3 is 5.91 Å². The maximum absolute atomic E-state index is 12.2. The number of azo groups is 1. The molecule has 0 spiro atoms. The number of ether oxygens (including phenoxy) is 2. The summed E-state index contributed by atoms with van der Waals surface area (Å²) >= 11 is 0. The molecule has 0 aliphatic heterocycles. The van der Waals surface area contributed by atoms with Gasteiger partial charge in [-0.2, -0.15) is 0 Å². The number of unbranched alkanes of at least 4 members (excludes halogenated alkanes) is 1. The van der Waals surface area contributed by atoms with E-state index in [0.717, 1.165) is 23.9 Å². The number of carbonyl (C=O) groups is 1. The number of amides is 1. The Kier molecular flexibility index (Phi) is 6.49. The minimum absolute atomic E-state index is 0.0157. The lowest BCUT2D eigenvalue weighted by atomic mass is 10.2. The molecule has 1 amide bonds. The molecule has 0 saturated carbocycles. The van der Waals surface area contributed by atoms with Crippen molar-refractivity contribution in [3.63, 3.8) is 0 Å². The molecule has 1 heterocycles. The standard InChI is InChI=1S/C22H25N3O4/c1-4-5-12-25-18-11-10-16(28-3)13-17(18)21(22(25)27)24-23-20(26)14-29-19-9-7-6-8-15(19)2/h6-11,13,27H,4-5,12,14H2,1-3H3. The van der Waals surface area contributed by atoms with Gasteiger partial charge in [0.05, 0.1) is 12.6 Å². The van der Waals surface area contributed by atoms with Crippen LogP contribution in [-0.4, -0.2) is 29.3 Å². The van der Waals surface area contributed by atoms with Crippen LogP contribution in [0.1, 0.15) is 25.3 Å². The van der Waals surface area contributed by atoms with E-state index in [4.69, 9.17) is 9.47 Å². The third kappa shape index (κ3) is 4.56. The van der Waals surface area contributed by atoms with E-state index < -0.39 is 5.91 Å². The van der Waals surface area contributed by atoms with Crippen molar-refractivity contribution in [1.29, 1.82) is 0 Å². The molecule has 29 heavy (non-hydrogen) atoms. The van der Waals surface area contributed by atoms with Gasteiger partial charge in [-0.15, -0.1) is 10.2 Å². The van der Waals surface area contributed by atoms with Crippen molar-refractivity contribution >= 4 is 22.5 Å². The normalized spacial score (nSPS) is 11.3. The third-order valence-electron chi connectivity index (χ3n) is 4.66. The number of nitrogens with zero attached hydrogens (tertiary/aromatic N) is 3. The number of methoxy groups -OCH3 is 1. The molecular weight excluding hydrogens is 370 g/mol. The molecule has 0 fully saturated rings. The van der Waals surface area contributed by atoms with Crippen molar-refractivity contribution in [2.24, 2.45) is 10.2 Å². The Hall–Kier alpha value is -3.35. The highest BCUT2D eigenvalue weighted by atomic mass is 16.5. The zero-order valence-corrected chi connectivity index (χ0v) is 16.9. The molecule has 3 rings (SSSR count). The molecule has 1 aromatic heterocycles. The third-order valence-corrected chi connectivity index (χ3v) is 4.66. The van der Waals surface area contributed by atoms with E-state index in [1.54, 1.807) is 23.8 Å². The van der Waals surface area contributed by atoms with Crippen molar-refractivity contribution < 1.29 is 19.4 Å². The summed E-state index contributed by atoms with van der Waals surface area (Å²) in [5.41, 5.74) is 1.99. The highest BCUT2D eigenvalue weighted by Gasteiger charge is 2.17. The molecule has 3 aromatic rings. The first kappa shape index (κ1) is 20.4. The largest absolute Gasteiger partial charge is 0.497 e. The van der Waals surface area contributed by atoms with Crippen LogP contribution >= 0.6 is 0 Å². The first-order valence-electron chi connectivity index (χ1n) is 9.57. The molecule has 7 nitrogen and oxygen atoms in total. The second-order valence-electron chi connectivity index (χ2n) is 6.71. The van der Waals surface area contributed by atoms with E-state index in [2.05, 4.69) is 17.2 Å². The van der Waals surface area contributed by atoms with Gasteiger partial charge in [0, 0.05) is 11.9 Å². The van der Waals surface area contributed by atoms with Gasteiger partial charge in [0.1, 0.15) is 11.5 Å². The molecule has 0 bridgehead atoms. The Morgan fingerprint density at radius 2 is 2.00 bits per heavy atom. The molecular formula is C22H25N3O4. The summed E-state index contributed by atoms with van der Waals surface area (Å²) in [7, 11) is 1.57. The smallest absolute Gasteiger partial charge is 0.302 e. The van der Waals surface area contributed by atoms with Crippen LogP contribution in [0.4, 0.5) is 5.69 Å². The fraction of sp³-hybridized carbons (Fsp3) is 0.318. The molecule has 0 unspecified atom stereocenters. The van der Waals surface area contributed by atoms with Crippen LogP contribution in [0.2, 0.25) is 0 Å². The quantitative estimate of drug-likeness (QED) is 0.534. The second-order valence-corrected chi connectivity index (χ2v) is 6.71. The maximum Gasteiger partial charge on any atom is 0.302 e. The van der Waals surface area contributed by atoms with Gasteiger partial charge in [-0.25, -0.2) is 0 Å². The molecule has 0 aliphatic rings. The number of hydrogen-bond acceptors (Lipinski definition) is 5. The summed E-state index contributed by atoms with van der Waals surface area (Å²) in [4.78, 5) is 12.2. The van der Waals surface area contributed by atoms with Crippen LogP contribution in [0.15, 0.2) is 52.7 Å². The van der Waals surface area contributed by atoms with Crippen LogP contribution < -0.4 is 9.47 Å². The summed E-state index contributed by atoms with van der Waals surface area (Å²) in [6, 6.07) is 12.9. The Morgan fingerprint density at radius 3 is 2.72 bits per heavy atom. The number of aromatic hydroxyl groups is 1. The molecule has 0 atom stereocenters. The van der Waals surface area contributed by atoms with E-state index in [-0.39, 0.29) is 18.2 Å². The SMILES string of the molecule is CCCCn1c(O)c(N=NC(=O)COc2ccccc2C)c2cc(OC)ccc21. The summed E-state index contributed by atoms with van der Waals surface area (Å²) in [6.07, 6.45) is 1.89. The van der Waals surface area contributed by atoms with E-state index >= 15 is 0 Å². The molecule has 7 heteroatoms. The van der Waals surface area contributed by atoms with Gasteiger partial charge in [0.2, 0.25) is 5.88 Å². The van der Waals surface area contributed by atoms with Crippen LogP contribution in [0.5, 0.6) is 17.4 Å². The monoisotopic (exact) mass is 395 g/mol. The van der Waals surface area contributed by atoms with Crippen molar-refractivity contribution in [3.8, 4) is 17.4 Å². The van der Waals surface area contributed by atoms with Crippen molar-refractivity contribution in [2.45, 2.75) is 33.2 Å². The number of para-hydroxylation sites is 1. The lowest BCUT2D eigenvalue weighted by molar-refractivity contribution is -0.120. The van der Waals surface area contributed by atoms with Crippen molar-refractivity contribution in [2.75, 3.05) is 13.7 Å². The number of hydrogen-bond donors (Lipinski definition) is 1. The average Bonchev–Trinajstić information content (AvgIpc) is 2.99. The summed E-state index contributed by atoms with van der Waals surface area (Å²) in [5.74, 6) is 0.707. The number of rotatable bonds is 8. The topological polar surface area (TPSA) is 85.4 Å². The number of aryl methyl sites for hydroxylation is 2. The summed E-state index contributed by atoms with van der Waals surface area (Å²) < 4.78 is 12.6. The number of aromatic nitrogens is 1. The summed E-state index contributed by atoms with van der Waals surface area (Å²) in [5, 5.41) is 19.1. The van der Waals surface area contributed by atoms with Gasteiger partial charge in [0.15, 0.2) is 12.3 Å². The molecule has 0 saturated heterocycles. The van der Waals surface area contributed by atoms with E-state index in [1.165, 1.54) is 0 Å². The zero-order chi connectivity index (χ0) is 20.8. The first-order chi connectivity index (χ1) is 14.0. The van der Waals surface area contributed by atoms with Crippen LogP contribution in [0, 0.1) is 6.92 Å². The molecule has 152 valence electrons. The van der Waals surface area contributed by atoms with E-state index in [9.17, 15) is 9.90 Å². The summed E-state index contributed by atoms with van der Waals surface area (Å²) in [6.45, 7) is 4.40. The van der Waals surface area contributed by atoms with Crippen LogP contribution in [0.25, 0.3) is 10.9 Å². The highest BCUT2D eigenvalue weighted by molar-refractivity contribution is 5.96. The van der Waals surface area contributed by atoms with Crippen LogP contribution in [0.3, 0.4) is 0 Å². The Labute approximate surface area is 169 Å². The predicted octanol–water partition coefficient (Wildman–Crippen LogP) is 5.15. The van der Waals surface area contributed by atoms with Gasteiger partial charge in [-0.1, -0.05) is 31.5 Å². The fourth-order valence-electron chi connectivity index (χ4n) is 3.06. The minimum atomic E-state index is -0.537. The number of benzene rings is 2. The van der Waals surface area contributed by atoms with Gasteiger partial charge in [0.25, 0.3) is 0 Å². The van der Waals surface area contributed by atoms with Gasteiger partial charge < -0.3 is 19.1 Å². The molecule has 0 aliphatic carbocycles. The molecule has 2 aromatic carbocycles. The lowest BCUT2D eigenvalue weighted by Crippen LogP contribution is -2.08. The Morgan fingerprint density at radius 1 is 1.21 bits per heavy atom. The van der Waals surface area contributed by atoms with Gasteiger partial charge in [-0.3, -0.25) is 4.79 Å². The van der Waals surface area contributed by atoms with Crippen molar-refractivity contribution in [3.05, 3.63) is 48.0 Å².